The molecule has 3 atom stereocenters. The summed E-state index contributed by atoms with van der Waals surface area (Å²) in [5.41, 5.74) is 0. The van der Waals surface area contributed by atoms with Gasteiger partial charge in [0, 0.05) is 24.7 Å². The molecule has 0 aromatic heterocycles. The topological polar surface area (TPSA) is 24.1 Å². The fourth-order valence-corrected chi connectivity index (χ4v) is 1.76. The average molecular weight is 274 g/mol. The summed E-state index contributed by atoms with van der Waals surface area (Å²) in [5, 5.41) is 6.93. The van der Waals surface area contributed by atoms with Gasteiger partial charge in [-0.25, -0.2) is 0 Å². The lowest BCUT2D eigenvalue weighted by Crippen LogP contribution is -2.46. The number of nitrogens with one attached hydrogen (secondary N) is 2. The van der Waals surface area contributed by atoms with Crippen LogP contribution in [0.1, 0.15) is 13.3 Å². The average Bonchev–Trinajstić information content (AvgIpc) is 2.23. The van der Waals surface area contributed by atoms with E-state index in [1.807, 2.05) is 0 Å². The summed E-state index contributed by atoms with van der Waals surface area (Å²) in [5.74, 6) is 0. The van der Waals surface area contributed by atoms with Gasteiger partial charge in [0.25, 0.3) is 0 Å². The zero-order valence-electron chi connectivity index (χ0n) is 5.96. The van der Waals surface area contributed by atoms with E-state index in [1.165, 1.54) is 13.0 Å². The summed E-state index contributed by atoms with van der Waals surface area (Å²) in [7, 11) is 0. The Morgan fingerprint density at radius 1 is 1.30 bits per heavy atom. The van der Waals surface area contributed by atoms with Crippen LogP contribution in [-0.4, -0.2) is 24.7 Å². The molecule has 2 bridgehead atoms. The summed E-state index contributed by atoms with van der Waals surface area (Å²) < 4.78 is 0. The Balaban J connectivity index is 0.000000405. The van der Waals surface area contributed by atoms with Crippen LogP contribution in [0.3, 0.4) is 0 Å². The van der Waals surface area contributed by atoms with Gasteiger partial charge in [-0.2, -0.15) is 0 Å². The maximum atomic E-state index is 3.49. The molecule has 4 heteroatoms. The van der Waals surface area contributed by atoms with E-state index >= 15 is 0 Å². The van der Waals surface area contributed by atoms with Crippen LogP contribution in [0.4, 0.5) is 0 Å². The van der Waals surface area contributed by atoms with Crippen LogP contribution >= 0.6 is 34.0 Å². The summed E-state index contributed by atoms with van der Waals surface area (Å²) >= 11 is 0. The summed E-state index contributed by atoms with van der Waals surface area (Å²) in [6.45, 7) is 3.44. The zero-order valence-corrected chi connectivity index (χ0v) is 9.39. The second kappa shape index (κ2) is 4.04. The molecule has 0 aromatic rings. The van der Waals surface area contributed by atoms with Crippen molar-refractivity contribution in [3.8, 4) is 0 Å². The van der Waals surface area contributed by atoms with Crippen molar-refractivity contribution in [1.29, 1.82) is 0 Å². The highest BCUT2D eigenvalue weighted by molar-refractivity contribution is 8.93. The lowest BCUT2D eigenvalue weighted by molar-refractivity contribution is 0.435. The molecule has 10 heavy (non-hydrogen) atoms. The Bertz CT molecular complexity index is 108. The van der Waals surface area contributed by atoms with Crippen molar-refractivity contribution < 1.29 is 0 Å². The van der Waals surface area contributed by atoms with Gasteiger partial charge >= 0.3 is 0 Å². The molecular weight excluding hydrogens is 260 g/mol. The predicted molar refractivity (Wildman–Crippen MR) is 53.4 cm³/mol. The van der Waals surface area contributed by atoms with Crippen LogP contribution in [0.25, 0.3) is 0 Å². The Hall–Kier alpha value is 0.880. The maximum absolute atomic E-state index is 3.49. The smallest absolute Gasteiger partial charge is 0.0234 e. The molecule has 2 nitrogen and oxygen atoms in total. The first kappa shape index (κ1) is 10.9. The molecule has 2 N–H and O–H groups in total. The molecule has 0 aliphatic carbocycles. The van der Waals surface area contributed by atoms with Crippen molar-refractivity contribution in [1.82, 2.24) is 10.6 Å². The van der Waals surface area contributed by atoms with E-state index in [2.05, 4.69) is 17.6 Å². The first-order valence-corrected chi connectivity index (χ1v) is 3.36. The molecule has 0 spiro atoms. The first-order chi connectivity index (χ1) is 3.86. The van der Waals surface area contributed by atoms with Gasteiger partial charge in [-0.1, -0.05) is 0 Å². The Morgan fingerprint density at radius 3 is 2.20 bits per heavy atom. The second-order valence-corrected chi connectivity index (χ2v) is 2.90. The van der Waals surface area contributed by atoms with Gasteiger partial charge in [-0.05, 0) is 13.3 Å². The highest BCUT2D eigenvalue weighted by atomic mass is 79.9. The quantitative estimate of drug-likeness (QED) is 0.684. The molecule has 2 saturated heterocycles. The normalized spacial score (nSPS) is 42.3. The van der Waals surface area contributed by atoms with Gasteiger partial charge in [0.1, 0.15) is 0 Å². The Morgan fingerprint density at radius 2 is 2.00 bits per heavy atom. The van der Waals surface area contributed by atoms with Gasteiger partial charge in [0.05, 0.1) is 0 Å². The van der Waals surface area contributed by atoms with Gasteiger partial charge in [-0.15, -0.1) is 34.0 Å². The Kier molecular flexibility index (Phi) is 4.40. The molecular formula is C6H14Br2N2. The molecule has 62 valence electrons. The van der Waals surface area contributed by atoms with Crippen LogP contribution in [-0.2, 0) is 0 Å². The van der Waals surface area contributed by atoms with Gasteiger partial charge < -0.3 is 10.6 Å². The van der Waals surface area contributed by atoms with Crippen molar-refractivity contribution in [2.75, 3.05) is 6.54 Å². The summed E-state index contributed by atoms with van der Waals surface area (Å²) in [4.78, 5) is 0. The van der Waals surface area contributed by atoms with Crippen molar-refractivity contribution in [2.24, 2.45) is 0 Å². The summed E-state index contributed by atoms with van der Waals surface area (Å²) in [6, 6.07) is 2.28. The summed E-state index contributed by atoms with van der Waals surface area (Å²) in [6.07, 6.45) is 1.35. The molecule has 2 heterocycles. The largest absolute Gasteiger partial charge is 0.311 e. The number of halogens is 2. The van der Waals surface area contributed by atoms with Crippen molar-refractivity contribution in [2.45, 2.75) is 31.5 Å². The monoisotopic (exact) mass is 272 g/mol. The van der Waals surface area contributed by atoms with Gasteiger partial charge in [0.15, 0.2) is 0 Å². The van der Waals surface area contributed by atoms with E-state index in [-0.39, 0.29) is 34.0 Å². The molecule has 2 fully saturated rings. The number of fused-ring (bicyclic) bond motifs is 2. The van der Waals surface area contributed by atoms with E-state index < -0.39 is 0 Å². The highest BCUT2D eigenvalue weighted by Crippen LogP contribution is 2.17. The van der Waals surface area contributed by atoms with Gasteiger partial charge in [-0.3, -0.25) is 0 Å². The van der Waals surface area contributed by atoms with Crippen molar-refractivity contribution >= 4 is 34.0 Å². The zero-order chi connectivity index (χ0) is 5.56. The molecule has 2 aliphatic rings. The highest BCUT2D eigenvalue weighted by Gasteiger charge is 2.35. The minimum absolute atomic E-state index is 0. The van der Waals surface area contributed by atoms with Gasteiger partial charge in [0.2, 0.25) is 0 Å². The lowest BCUT2D eigenvalue weighted by atomic mass is 10.2. The third-order valence-electron chi connectivity index (χ3n) is 2.27. The fourth-order valence-electron chi connectivity index (χ4n) is 1.76. The van der Waals surface area contributed by atoms with Crippen LogP contribution in [0.2, 0.25) is 0 Å². The van der Waals surface area contributed by atoms with E-state index in [0.717, 1.165) is 12.1 Å². The lowest BCUT2D eigenvalue weighted by Gasteiger charge is -2.19. The van der Waals surface area contributed by atoms with E-state index in [4.69, 9.17) is 0 Å². The molecule has 0 amide bonds. The van der Waals surface area contributed by atoms with Crippen LogP contribution in [0.5, 0.6) is 0 Å². The second-order valence-electron chi connectivity index (χ2n) is 2.90. The van der Waals surface area contributed by atoms with E-state index in [0.29, 0.717) is 6.04 Å². The number of rotatable bonds is 0. The predicted octanol–water partition coefficient (Wildman–Crippen LogP) is 0.864. The maximum Gasteiger partial charge on any atom is 0.0234 e. The minimum Gasteiger partial charge on any atom is -0.311 e. The number of hydrogen-bond donors (Lipinski definition) is 2. The molecule has 2 rings (SSSR count). The first-order valence-electron chi connectivity index (χ1n) is 3.36. The molecule has 2 aliphatic heterocycles. The minimum atomic E-state index is 0. The third kappa shape index (κ3) is 1.72. The molecule has 0 saturated carbocycles. The molecule has 0 radical (unpaired) electrons. The van der Waals surface area contributed by atoms with Crippen LogP contribution < -0.4 is 10.6 Å². The van der Waals surface area contributed by atoms with Crippen molar-refractivity contribution in [3.63, 3.8) is 0 Å². The van der Waals surface area contributed by atoms with Crippen LogP contribution in [0, 0.1) is 0 Å². The SMILES string of the molecule is Br.Br.C[C@H]1N[C@H]2CN[C@@H]1C2. The number of piperazine rings is 1. The molecule has 0 unspecified atom stereocenters. The van der Waals surface area contributed by atoms with E-state index in [9.17, 15) is 0 Å². The molecule has 0 aromatic carbocycles. The standard InChI is InChI=1S/C6H12N2.2BrH/c1-4-6-2-5(8-4)3-7-6;;/h4-8H,2-3H2,1H3;2*1H/t4-,5-,6-;;/m1../s1. The Labute approximate surface area is 82.7 Å². The fraction of sp³-hybridized carbons (Fsp3) is 1.00. The van der Waals surface area contributed by atoms with Crippen LogP contribution in [0.15, 0.2) is 0 Å². The van der Waals surface area contributed by atoms with E-state index in [1.54, 1.807) is 0 Å². The third-order valence-corrected chi connectivity index (χ3v) is 2.27. The van der Waals surface area contributed by atoms with Crippen molar-refractivity contribution in [3.05, 3.63) is 0 Å². The number of hydrogen-bond acceptors (Lipinski definition) is 2.